The molecule has 22 heavy (non-hydrogen) atoms. The molecule has 0 atom stereocenters. The average molecular weight is 301 g/mol. The van der Waals surface area contributed by atoms with Crippen molar-refractivity contribution in [3.05, 3.63) is 41.8 Å². The molecule has 0 amide bonds. The molecule has 2 heterocycles. The third-order valence-electron chi connectivity index (χ3n) is 2.99. The molecular formula is C14H12FN5O2. The average Bonchev–Trinajstić information content (AvgIpc) is 2.94. The number of nitrogens with two attached hydrogens (primary N) is 1. The minimum absolute atomic E-state index is 0.0870. The molecule has 112 valence electrons. The molecular weight excluding hydrogens is 289 g/mol. The van der Waals surface area contributed by atoms with Crippen LogP contribution in [0.3, 0.4) is 0 Å². The summed E-state index contributed by atoms with van der Waals surface area (Å²) in [6, 6.07) is 5.68. The van der Waals surface area contributed by atoms with E-state index in [0.29, 0.717) is 11.4 Å². The van der Waals surface area contributed by atoms with Crippen molar-refractivity contribution in [3.8, 4) is 11.4 Å². The number of carbonyl (C=O) groups excluding carboxylic acids is 1. The summed E-state index contributed by atoms with van der Waals surface area (Å²) in [4.78, 5) is 20.1. The van der Waals surface area contributed by atoms with Crippen LogP contribution in [0.2, 0.25) is 0 Å². The second-order valence-electron chi connectivity index (χ2n) is 4.43. The van der Waals surface area contributed by atoms with Crippen LogP contribution in [0, 0.1) is 5.82 Å². The van der Waals surface area contributed by atoms with Crippen molar-refractivity contribution in [3.63, 3.8) is 0 Å². The normalized spacial score (nSPS) is 10.8. The van der Waals surface area contributed by atoms with E-state index in [2.05, 4.69) is 15.1 Å². The number of hydrogen-bond donors (Lipinski definition) is 1. The van der Waals surface area contributed by atoms with Crippen molar-refractivity contribution in [2.24, 2.45) is 0 Å². The van der Waals surface area contributed by atoms with Gasteiger partial charge in [0.25, 0.3) is 0 Å². The summed E-state index contributed by atoms with van der Waals surface area (Å²) in [6.45, 7) is 1.93. The van der Waals surface area contributed by atoms with E-state index in [1.165, 1.54) is 35.0 Å². The number of nitrogen functional groups attached to an aromatic ring is 1. The van der Waals surface area contributed by atoms with Crippen molar-refractivity contribution in [1.29, 1.82) is 0 Å². The quantitative estimate of drug-likeness (QED) is 0.740. The smallest absolute Gasteiger partial charge is 0.343 e. The molecule has 0 aliphatic heterocycles. The second-order valence-corrected chi connectivity index (χ2v) is 4.43. The highest BCUT2D eigenvalue weighted by Gasteiger charge is 2.18. The molecule has 0 spiro atoms. The Balaban J connectivity index is 2.15. The van der Waals surface area contributed by atoms with E-state index in [0.717, 1.165) is 0 Å². The first-order valence-electron chi connectivity index (χ1n) is 6.54. The van der Waals surface area contributed by atoms with Crippen LogP contribution < -0.4 is 5.73 Å². The predicted octanol–water partition coefficient (Wildman–Crippen LogP) is 1.69. The van der Waals surface area contributed by atoms with E-state index in [-0.39, 0.29) is 29.6 Å². The summed E-state index contributed by atoms with van der Waals surface area (Å²) >= 11 is 0. The van der Waals surface area contributed by atoms with Crippen LogP contribution in [0.5, 0.6) is 0 Å². The number of fused-ring (bicyclic) bond motifs is 1. The van der Waals surface area contributed by atoms with Crippen LogP contribution in [0.4, 0.5) is 10.3 Å². The molecule has 0 aliphatic carbocycles. The number of aromatic nitrogens is 4. The number of rotatable bonds is 3. The van der Waals surface area contributed by atoms with Crippen molar-refractivity contribution in [2.45, 2.75) is 6.92 Å². The number of halogens is 1. The van der Waals surface area contributed by atoms with Gasteiger partial charge in [-0.1, -0.05) is 0 Å². The molecule has 0 fully saturated rings. The lowest BCUT2D eigenvalue weighted by molar-refractivity contribution is 0.0527. The second kappa shape index (κ2) is 5.40. The molecule has 0 saturated heterocycles. The zero-order valence-electron chi connectivity index (χ0n) is 11.7. The molecule has 2 N–H and O–H groups in total. The van der Waals surface area contributed by atoms with E-state index in [1.54, 1.807) is 6.92 Å². The molecule has 3 rings (SSSR count). The van der Waals surface area contributed by atoms with Crippen LogP contribution in [-0.4, -0.2) is 32.2 Å². The van der Waals surface area contributed by atoms with Crippen LogP contribution >= 0.6 is 0 Å². The summed E-state index contributed by atoms with van der Waals surface area (Å²) < 4.78 is 19.2. The summed E-state index contributed by atoms with van der Waals surface area (Å²) in [6.07, 6.45) is 1.30. The zero-order chi connectivity index (χ0) is 15.7. The number of anilines is 1. The van der Waals surface area contributed by atoms with Crippen LogP contribution in [0.1, 0.15) is 17.3 Å². The standard InChI is InChI=1S/C14H12FN5O2/c1-2-22-13(21)10-7-17-14(16)20-12(10)18-11(19-20)8-3-5-9(15)6-4-8/h3-7H,2H2,1H3,(H2,16,17). The molecule has 0 aliphatic rings. The van der Waals surface area contributed by atoms with Crippen molar-refractivity contribution < 1.29 is 13.9 Å². The van der Waals surface area contributed by atoms with Crippen LogP contribution in [-0.2, 0) is 4.74 Å². The van der Waals surface area contributed by atoms with E-state index in [4.69, 9.17) is 10.5 Å². The minimum Gasteiger partial charge on any atom is -0.462 e. The van der Waals surface area contributed by atoms with Gasteiger partial charge in [0.15, 0.2) is 11.5 Å². The maximum absolute atomic E-state index is 13.0. The van der Waals surface area contributed by atoms with Gasteiger partial charge in [-0.2, -0.15) is 4.52 Å². The van der Waals surface area contributed by atoms with E-state index >= 15 is 0 Å². The number of carbonyl (C=O) groups is 1. The first-order valence-corrected chi connectivity index (χ1v) is 6.54. The fraction of sp³-hybridized carbons (Fsp3) is 0.143. The molecule has 0 unspecified atom stereocenters. The van der Waals surface area contributed by atoms with Gasteiger partial charge in [-0.3, -0.25) is 0 Å². The predicted molar refractivity (Wildman–Crippen MR) is 76.5 cm³/mol. The largest absolute Gasteiger partial charge is 0.462 e. The number of esters is 1. The van der Waals surface area contributed by atoms with Gasteiger partial charge in [0.1, 0.15) is 11.4 Å². The fourth-order valence-corrected chi connectivity index (χ4v) is 1.96. The zero-order valence-corrected chi connectivity index (χ0v) is 11.7. The Labute approximate surface area is 124 Å². The van der Waals surface area contributed by atoms with Gasteiger partial charge in [-0.25, -0.2) is 19.2 Å². The van der Waals surface area contributed by atoms with Gasteiger partial charge in [-0.15, -0.1) is 5.10 Å². The van der Waals surface area contributed by atoms with Crippen molar-refractivity contribution in [2.75, 3.05) is 12.3 Å². The Morgan fingerprint density at radius 2 is 2.09 bits per heavy atom. The Morgan fingerprint density at radius 3 is 2.77 bits per heavy atom. The van der Waals surface area contributed by atoms with E-state index < -0.39 is 5.97 Å². The van der Waals surface area contributed by atoms with E-state index in [9.17, 15) is 9.18 Å². The maximum atomic E-state index is 13.0. The highest BCUT2D eigenvalue weighted by atomic mass is 19.1. The Morgan fingerprint density at radius 1 is 1.36 bits per heavy atom. The molecule has 8 heteroatoms. The third-order valence-corrected chi connectivity index (χ3v) is 2.99. The molecule has 0 bridgehead atoms. The molecule has 0 radical (unpaired) electrons. The lowest BCUT2D eigenvalue weighted by Gasteiger charge is -2.03. The highest BCUT2D eigenvalue weighted by Crippen LogP contribution is 2.20. The summed E-state index contributed by atoms with van der Waals surface area (Å²) in [5.41, 5.74) is 6.75. The monoisotopic (exact) mass is 301 g/mol. The lowest BCUT2D eigenvalue weighted by Crippen LogP contribution is -2.10. The Hall–Kier alpha value is -3.03. The minimum atomic E-state index is -0.557. The van der Waals surface area contributed by atoms with Crippen LogP contribution in [0.15, 0.2) is 30.5 Å². The topological polar surface area (TPSA) is 95.4 Å². The van der Waals surface area contributed by atoms with Gasteiger partial charge in [-0.05, 0) is 31.2 Å². The molecule has 2 aromatic heterocycles. The molecule has 3 aromatic rings. The van der Waals surface area contributed by atoms with Crippen LogP contribution in [0.25, 0.3) is 17.0 Å². The Bertz CT molecular complexity index is 844. The van der Waals surface area contributed by atoms with Gasteiger partial charge >= 0.3 is 5.97 Å². The van der Waals surface area contributed by atoms with Crippen molar-refractivity contribution >= 4 is 17.6 Å². The first-order chi connectivity index (χ1) is 10.6. The SMILES string of the molecule is CCOC(=O)c1cnc(N)n2nc(-c3ccc(F)cc3)nc12. The molecule has 1 aromatic carbocycles. The molecule has 7 nitrogen and oxygen atoms in total. The maximum Gasteiger partial charge on any atom is 0.343 e. The van der Waals surface area contributed by atoms with Gasteiger partial charge in [0.2, 0.25) is 5.95 Å². The summed E-state index contributed by atoms with van der Waals surface area (Å²) in [5.74, 6) is -0.520. The number of hydrogen-bond acceptors (Lipinski definition) is 6. The number of ether oxygens (including phenoxy) is 1. The lowest BCUT2D eigenvalue weighted by atomic mass is 10.2. The fourth-order valence-electron chi connectivity index (χ4n) is 1.96. The summed E-state index contributed by atoms with van der Waals surface area (Å²) in [5, 5.41) is 4.20. The number of benzene rings is 1. The van der Waals surface area contributed by atoms with E-state index in [1.807, 2.05) is 0 Å². The van der Waals surface area contributed by atoms with Gasteiger partial charge in [0.05, 0.1) is 6.61 Å². The highest BCUT2D eigenvalue weighted by molar-refractivity contribution is 5.95. The van der Waals surface area contributed by atoms with Gasteiger partial charge < -0.3 is 10.5 Å². The first kappa shape index (κ1) is 13.9. The summed E-state index contributed by atoms with van der Waals surface area (Å²) in [7, 11) is 0. The van der Waals surface area contributed by atoms with Gasteiger partial charge in [0, 0.05) is 11.8 Å². The van der Waals surface area contributed by atoms with Crippen molar-refractivity contribution in [1.82, 2.24) is 19.6 Å². The molecule has 0 saturated carbocycles. The third kappa shape index (κ3) is 2.34. The Kier molecular flexibility index (Phi) is 3.42. The number of nitrogens with zero attached hydrogens (tertiary/aromatic N) is 4.